The summed E-state index contributed by atoms with van der Waals surface area (Å²) >= 11 is 0. The molecule has 2 atom stereocenters. The fourth-order valence-corrected chi connectivity index (χ4v) is 4.14. The van der Waals surface area contributed by atoms with Crippen LogP contribution in [0.25, 0.3) is 0 Å². The molecule has 2 aliphatic rings. The number of hydrogen-bond acceptors (Lipinski definition) is 5. The Morgan fingerprint density at radius 2 is 1.96 bits per heavy atom. The molecule has 1 aromatic rings. The third-order valence-corrected chi connectivity index (χ3v) is 5.71. The highest BCUT2D eigenvalue weighted by atomic mass is 19.1. The van der Waals surface area contributed by atoms with Crippen molar-refractivity contribution >= 4 is 17.3 Å². The first-order valence-electron chi connectivity index (χ1n) is 10.2. The smallest absolute Gasteiger partial charge is 0.309 e. The number of nitrogens with two attached hydrogens (primary N) is 1. The Hall–Kier alpha value is -1.89. The van der Waals surface area contributed by atoms with Crippen molar-refractivity contribution in [3.8, 4) is 0 Å². The number of benzene rings is 1. The quantitative estimate of drug-likeness (QED) is 0.613. The first-order valence-corrected chi connectivity index (χ1v) is 10.2. The third kappa shape index (κ3) is 4.93. The Bertz CT molecular complexity index is 678. The lowest BCUT2D eigenvalue weighted by Gasteiger charge is -2.43. The summed E-state index contributed by atoms with van der Waals surface area (Å²) in [4.78, 5) is 16.0. The van der Waals surface area contributed by atoms with E-state index in [2.05, 4.69) is 4.90 Å². The summed E-state index contributed by atoms with van der Waals surface area (Å²) in [6.07, 6.45) is 0.982. The second-order valence-electron chi connectivity index (χ2n) is 8.36. The van der Waals surface area contributed by atoms with Crippen molar-refractivity contribution in [3.05, 3.63) is 24.0 Å². The molecule has 28 heavy (non-hydrogen) atoms. The Morgan fingerprint density at radius 3 is 2.57 bits per heavy atom. The lowest BCUT2D eigenvalue weighted by atomic mass is 9.92. The first kappa shape index (κ1) is 20.8. The fraction of sp³-hybridized carbons (Fsp3) is 0.667. The van der Waals surface area contributed by atoms with Crippen LogP contribution in [0, 0.1) is 17.7 Å². The minimum atomic E-state index is -1.06. The van der Waals surface area contributed by atoms with Crippen LogP contribution in [0.1, 0.15) is 33.1 Å². The maximum atomic E-state index is 14.9. The van der Waals surface area contributed by atoms with E-state index < -0.39 is 12.0 Å². The number of halogens is 2. The lowest BCUT2D eigenvalue weighted by molar-refractivity contribution is -0.151. The van der Waals surface area contributed by atoms with Crippen LogP contribution in [-0.2, 0) is 9.53 Å². The van der Waals surface area contributed by atoms with Crippen LogP contribution in [-0.4, -0.2) is 55.9 Å². The van der Waals surface area contributed by atoms with Crippen molar-refractivity contribution in [2.75, 3.05) is 43.4 Å². The van der Waals surface area contributed by atoms with E-state index in [4.69, 9.17) is 10.5 Å². The molecule has 2 N–H and O–H groups in total. The molecule has 2 unspecified atom stereocenters. The maximum Gasteiger partial charge on any atom is 0.309 e. The molecule has 0 aliphatic carbocycles. The van der Waals surface area contributed by atoms with Crippen LogP contribution in [0.15, 0.2) is 18.2 Å². The summed E-state index contributed by atoms with van der Waals surface area (Å²) in [5.74, 6) is -0.297. The molecule has 0 bridgehead atoms. The number of ether oxygens (including phenoxy) is 1. The Balaban J connectivity index is 1.51. The van der Waals surface area contributed by atoms with Gasteiger partial charge in [-0.15, -0.1) is 0 Å². The molecule has 0 radical (unpaired) electrons. The van der Waals surface area contributed by atoms with Crippen molar-refractivity contribution in [2.24, 2.45) is 11.8 Å². The fourth-order valence-electron chi connectivity index (χ4n) is 4.14. The number of alkyl halides is 1. The van der Waals surface area contributed by atoms with Gasteiger partial charge in [0.05, 0.1) is 24.8 Å². The van der Waals surface area contributed by atoms with Crippen LogP contribution >= 0.6 is 0 Å². The van der Waals surface area contributed by atoms with Gasteiger partial charge in [-0.2, -0.15) is 0 Å². The third-order valence-electron chi connectivity index (χ3n) is 5.71. The minimum absolute atomic E-state index is 0.0861. The molecule has 0 aromatic heterocycles. The highest BCUT2D eigenvalue weighted by molar-refractivity contribution is 5.72. The highest BCUT2D eigenvalue weighted by Crippen LogP contribution is 2.30. The van der Waals surface area contributed by atoms with Gasteiger partial charge in [-0.25, -0.2) is 8.78 Å². The minimum Gasteiger partial charge on any atom is -0.465 e. The number of esters is 1. The van der Waals surface area contributed by atoms with Crippen molar-refractivity contribution in [1.82, 2.24) is 4.90 Å². The van der Waals surface area contributed by atoms with E-state index in [9.17, 15) is 13.6 Å². The summed E-state index contributed by atoms with van der Waals surface area (Å²) in [5, 5.41) is 0. The Kier molecular flexibility index (Phi) is 6.75. The molecule has 0 amide bonds. The second-order valence-corrected chi connectivity index (χ2v) is 8.36. The van der Waals surface area contributed by atoms with Gasteiger partial charge in [0.15, 0.2) is 0 Å². The average molecular weight is 395 g/mol. The van der Waals surface area contributed by atoms with Crippen molar-refractivity contribution in [2.45, 2.75) is 45.3 Å². The van der Waals surface area contributed by atoms with E-state index in [-0.39, 0.29) is 24.5 Å². The predicted molar refractivity (Wildman–Crippen MR) is 106 cm³/mol. The summed E-state index contributed by atoms with van der Waals surface area (Å²) in [6.45, 7) is 6.64. The number of carbonyl (C=O) groups excluding carboxylic acids is 1. The normalized spacial score (nSPS) is 24.5. The summed E-state index contributed by atoms with van der Waals surface area (Å²) < 4.78 is 34.4. The molecule has 2 saturated heterocycles. The summed E-state index contributed by atoms with van der Waals surface area (Å²) in [7, 11) is 0. The van der Waals surface area contributed by atoms with Gasteiger partial charge in [0.2, 0.25) is 0 Å². The first-order chi connectivity index (χ1) is 13.3. The monoisotopic (exact) mass is 395 g/mol. The number of piperidine rings is 2. The zero-order chi connectivity index (χ0) is 20.3. The van der Waals surface area contributed by atoms with E-state index >= 15 is 0 Å². The number of anilines is 2. The van der Waals surface area contributed by atoms with Crippen LogP contribution in [0.2, 0.25) is 0 Å². The van der Waals surface area contributed by atoms with Crippen LogP contribution in [0.3, 0.4) is 0 Å². The second kappa shape index (κ2) is 9.07. The number of rotatable bonds is 5. The topological polar surface area (TPSA) is 58.8 Å². The summed E-state index contributed by atoms with van der Waals surface area (Å²) in [5.41, 5.74) is 6.37. The molecule has 156 valence electrons. The van der Waals surface area contributed by atoms with E-state index in [0.717, 1.165) is 0 Å². The van der Waals surface area contributed by atoms with Gasteiger partial charge in [0.25, 0.3) is 0 Å². The van der Waals surface area contributed by atoms with Gasteiger partial charge in [-0.1, -0.05) is 13.8 Å². The largest absolute Gasteiger partial charge is 0.465 e. The number of nitrogen functional groups attached to an aromatic ring is 1. The zero-order valence-corrected chi connectivity index (χ0v) is 16.7. The number of hydrogen-bond donors (Lipinski definition) is 1. The molecule has 5 nitrogen and oxygen atoms in total. The molecular weight excluding hydrogens is 364 g/mol. The van der Waals surface area contributed by atoms with Gasteiger partial charge in [0, 0.05) is 18.3 Å². The van der Waals surface area contributed by atoms with Crippen molar-refractivity contribution in [1.29, 1.82) is 0 Å². The Morgan fingerprint density at radius 1 is 1.25 bits per heavy atom. The molecule has 0 spiro atoms. The molecule has 7 heteroatoms. The van der Waals surface area contributed by atoms with Gasteiger partial charge >= 0.3 is 5.97 Å². The molecular formula is C21H31F2N3O2. The highest BCUT2D eigenvalue weighted by Gasteiger charge is 2.37. The van der Waals surface area contributed by atoms with Crippen molar-refractivity contribution in [3.63, 3.8) is 0 Å². The molecule has 1 aromatic carbocycles. The number of likely N-dealkylation sites (tertiary alicyclic amines) is 1. The number of carbonyl (C=O) groups is 1. The van der Waals surface area contributed by atoms with Crippen LogP contribution < -0.4 is 10.6 Å². The standard InChI is InChI=1S/C21H31F2N3O2/c1-14(2)13-28-21(27)15-5-8-25(9-6-15)20-7-10-26(12-18(20)23)19-4-3-16(24)11-17(19)22/h3-4,11,14-15,18,20H,5-10,12-13,24H2,1-2H3. The predicted octanol–water partition coefficient (Wildman–Crippen LogP) is 3.24. The van der Waals surface area contributed by atoms with Gasteiger partial charge < -0.3 is 15.4 Å². The zero-order valence-electron chi connectivity index (χ0n) is 16.7. The number of nitrogens with zero attached hydrogens (tertiary/aromatic N) is 2. The molecule has 3 rings (SSSR count). The van der Waals surface area contributed by atoms with Crippen LogP contribution in [0.4, 0.5) is 20.2 Å². The molecule has 2 fully saturated rings. The van der Waals surface area contributed by atoms with Crippen LogP contribution in [0.5, 0.6) is 0 Å². The van der Waals surface area contributed by atoms with Gasteiger partial charge in [0.1, 0.15) is 12.0 Å². The van der Waals surface area contributed by atoms with Gasteiger partial charge in [-0.3, -0.25) is 9.69 Å². The van der Waals surface area contributed by atoms with Gasteiger partial charge in [-0.05, 0) is 56.5 Å². The van der Waals surface area contributed by atoms with E-state index in [1.807, 2.05) is 13.8 Å². The van der Waals surface area contributed by atoms with Crippen molar-refractivity contribution < 1.29 is 18.3 Å². The lowest BCUT2D eigenvalue weighted by Crippen LogP contribution is -2.55. The summed E-state index contributed by atoms with van der Waals surface area (Å²) in [6, 6.07) is 4.35. The molecule has 0 saturated carbocycles. The average Bonchev–Trinajstić information content (AvgIpc) is 2.66. The molecule has 2 aliphatic heterocycles. The van der Waals surface area contributed by atoms with E-state index in [0.29, 0.717) is 62.8 Å². The maximum absolute atomic E-state index is 14.9. The SMILES string of the molecule is CC(C)COC(=O)C1CCN(C2CCN(c3ccc(N)cc3F)CC2F)CC1. The van der Waals surface area contributed by atoms with E-state index in [1.165, 1.54) is 6.07 Å². The molecule has 2 heterocycles. The Labute approximate surface area is 165 Å². The van der Waals surface area contributed by atoms with E-state index in [1.54, 1.807) is 17.0 Å².